The van der Waals surface area contributed by atoms with Gasteiger partial charge in [0, 0.05) is 12.6 Å². The molecule has 0 aliphatic carbocycles. The van der Waals surface area contributed by atoms with Crippen LogP contribution in [0.3, 0.4) is 0 Å². The maximum Gasteiger partial charge on any atom is 0.178 e. The lowest BCUT2D eigenvalue weighted by atomic mass is 10.1. The number of aromatic nitrogens is 6. The van der Waals surface area contributed by atoms with Gasteiger partial charge in [0.25, 0.3) is 0 Å². The Morgan fingerprint density at radius 1 is 0.957 bits per heavy atom. The highest BCUT2D eigenvalue weighted by Crippen LogP contribution is 2.21. The first-order valence-corrected chi connectivity index (χ1v) is 7.13. The summed E-state index contributed by atoms with van der Waals surface area (Å²) in [6.45, 7) is 0. The smallest absolute Gasteiger partial charge is 0.178 e. The van der Waals surface area contributed by atoms with Crippen molar-refractivity contribution in [2.75, 3.05) is 12.4 Å². The molecule has 0 aliphatic rings. The molecule has 112 valence electrons. The summed E-state index contributed by atoms with van der Waals surface area (Å²) in [5.74, 6) is 1.34. The van der Waals surface area contributed by atoms with E-state index in [2.05, 4.69) is 30.6 Å². The molecule has 0 saturated heterocycles. The number of anilines is 1. The van der Waals surface area contributed by atoms with E-state index in [1.54, 1.807) is 10.9 Å². The molecule has 7 nitrogen and oxygen atoms in total. The zero-order valence-electron chi connectivity index (χ0n) is 12.4. The second kappa shape index (κ2) is 5.45. The molecule has 4 rings (SSSR count). The van der Waals surface area contributed by atoms with Crippen LogP contribution >= 0.6 is 0 Å². The average molecular weight is 303 g/mol. The van der Waals surface area contributed by atoms with Gasteiger partial charge >= 0.3 is 0 Å². The van der Waals surface area contributed by atoms with Gasteiger partial charge in [0.2, 0.25) is 0 Å². The first kappa shape index (κ1) is 13.3. The first-order valence-electron chi connectivity index (χ1n) is 7.13. The van der Waals surface area contributed by atoms with Crippen molar-refractivity contribution in [2.24, 2.45) is 0 Å². The molecule has 3 aromatic heterocycles. The number of rotatable bonds is 3. The number of nitrogens with zero attached hydrogens (tertiary/aromatic N) is 6. The lowest BCUT2D eigenvalue weighted by molar-refractivity contribution is 0.829. The number of nitrogens with one attached hydrogen (secondary N) is 1. The highest BCUT2D eigenvalue weighted by molar-refractivity contribution is 5.86. The predicted octanol–water partition coefficient (Wildman–Crippen LogP) is 2.31. The molecule has 4 aromatic rings. The normalized spacial score (nSPS) is 10.8. The van der Waals surface area contributed by atoms with E-state index in [9.17, 15) is 0 Å². The van der Waals surface area contributed by atoms with Gasteiger partial charge in [-0.2, -0.15) is 9.78 Å². The zero-order chi connectivity index (χ0) is 15.6. The maximum atomic E-state index is 4.35. The van der Waals surface area contributed by atoms with E-state index in [1.807, 2.05) is 49.5 Å². The molecular weight excluding hydrogens is 290 g/mol. The zero-order valence-corrected chi connectivity index (χ0v) is 12.4. The van der Waals surface area contributed by atoms with Crippen LogP contribution in [0.25, 0.3) is 28.1 Å². The second-order valence-corrected chi connectivity index (χ2v) is 4.91. The third-order valence-corrected chi connectivity index (χ3v) is 3.54. The van der Waals surface area contributed by atoms with Crippen molar-refractivity contribution in [3.05, 3.63) is 55.0 Å². The summed E-state index contributed by atoms with van der Waals surface area (Å²) >= 11 is 0. The van der Waals surface area contributed by atoms with Gasteiger partial charge in [-0.1, -0.05) is 30.3 Å². The van der Waals surface area contributed by atoms with E-state index in [0.717, 1.165) is 22.5 Å². The Morgan fingerprint density at radius 2 is 1.83 bits per heavy atom. The minimum absolute atomic E-state index is 0.612. The standard InChI is InChI=1S/C16H13N7/c1-17-15-12-9-20-23(16(12)19-10-18-15)14-8-7-13(21-22-14)11-5-3-2-4-6-11/h2-10H,1H3,(H,17,18,19). The van der Waals surface area contributed by atoms with Gasteiger partial charge in [-0.25, -0.2) is 9.97 Å². The van der Waals surface area contributed by atoms with Crippen LogP contribution in [0.5, 0.6) is 0 Å². The molecule has 0 fully saturated rings. The highest BCUT2D eigenvalue weighted by Gasteiger charge is 2.11. The van der Waals surface area contributed by atoms with Crippen LogP contribution in [0.1, 0.15) is 0 Å². The Hall–Kier alpha value is -3.35. The molecule has 1 aromatic carbocycles. The van der Waals surface area contributed by atoms with Crippen LogP contribution in [-0.4, -0.2) is 37.0 Å². The fourth-order valence-corrected chi connectivity index (χ4v) is 2.41. The molecule has 23 heavy (non-hydrogen) atoms. The second-order valence-electron chi connectivity index (χ2n) is 4.91. The van der Waals surface area contributed by atoms with Crippen LogP contribution in [0.15, 0.2) is 55.0 Å². The van der Waals surface area contributed by atoms with Gasteiger partial charge in [-0.3, -0.25) is 0 Å². The molecule has 3 heterocycles. The highest BCUT2D eigenvalue weighted by atomic mass is 15.4. The third-order valence-electron chi connectivity index (χ3n) is 3.54. The average Bonchev–Trinajstić information content (AvgIpc) is 3.07. The van der Waals surface area contributed by atoms with Crippen molar-refractivity contribution in [2.45, 2.75) is 0 Å². The van der Waals surface area contributed by atoms with Crippen molar-refractivity contribution < 1.29 is 0 Å². The van der Waals surface area contributed by atoms with Crippen molar-refractivity contribution in [1.82, 2.24) is 29.9 Å². The van der Waals surface area contributed by atoms with Gasteiger partial charge in [-0.05, 0) is 12.1 Å². The van der Waals surface area contributed by atoms with Crippen LogP contribution in [-0.2, 0) is 0 Å². The number of benzene rings is 1. The van der Waals surface area contributed by atoms with Crippen molar-refractivity contribution in [1.29, 1.82) is 0 Å². The van der Waals surface area contributed by atoms with E-state index in [1.165, 1.54) is 6.33 Å². The molecule has 0 bridgehead atoms. The minimum Gasteiger partial charge on any atom is -0.372 e. The minimum atomic E-state index is 0.612. The number of fused-ring (bicyclic) bond motifs is 1. The molecule has 0 amide bonds. The van der Waals surface area contributed by atoms with Crippen molar-refractivity contribution >= 4 is 16.9 Å². The molecule has 0 radical (unpaired) electrons. The Kier molecular flexibility index (Phi) is 3.16. The Balaban J connectivity index is 1.77. The molecule has 0 aliphatic heterocycles. The molecule has 1 N–H and O–H groups in total. The summed E-state index contributed by atoms with van der Waals surface area (Å²) in [7, 11) is 1.81. The lowest BCUT2D eigenvalue weighted by Gasteiger charge is -2.04. The fraction of sp³-hybridized carbons (Fsp3) is 0.0625. The summed E-state index contributed by atoms with van der Waals surface area (Å²) in [5, 5.41) is 16.8. The topological polar surface area (TPSA) is 81.4 Å². The van der Waals surface area contributed by atoms with Crippen molar-refractivity contribution in [3.63, 3.8) is 0 Å². The summed E-state index contributed by atoms with van der Waals surface area (Å²) in [4.78, 5) is 8.46. The predicted molar refractivity (Wildman–Crippen MR) is 87.2 cm³/mol. The van der Waals surface area contributed by atoms with E-state index in [4.69, 9.17) is 0 Å². The monoisotopic (exact) mass is 303 g/mol. The van der Waals surface area contributed by atoms with E-state index in [0.29, 0.717) is 11.5 Å². The Bertz CT molecular complexity index is 945. The molecular formula is C16H13N7. The SMILES string of the molecule is CNc1ncnc2c1cnn2-c1ccc(-c2ccccc2)nn1. The van der Waals surface area contributed by atoms with Crippen molar-refractivity contribution in [3.8, 4) is 17.1 Å². The molecule has 0 saturated carbocycles. The summed E-state index contributed by atoms with van der Waals surface area (Å²) in [5.41, 5.74) is 2.53. The largest absolute Gasteiger partial charge is 0.372 e. The van der Waals surface area contributed by atoms with Gasteiger partial charge < -0.3 is 5.32 Å². The van der Waals surface area contributed by atoms with Gasteiger partial charge in [0.15, 0.2) is 11.5 Å². The van der Waals surface area contributed by atoms with E-state index in [-0.39, 0.29) is 0 Å². The first-order chi connectivity index (χ1) is 11.4. The van der Waals surface area contributed by atoms with Gasteiger partial charge in [0.1, 0.15) is 12.1 Å². The van der Waals surface area contributed by atoms with Crippen LogP contribution < -0.4 is 5.32 Å². The Labute approximate surface area is 132 Å². The van der Waals surface area contributed by atoms with Crippen LogP contribution in [0.4, 0.5) is 5.82 Å². The lowest BCUT2D eigenvalue weighted by Crippen LogP contribution is -2.03. The molecule has 0 unspecified atom stereocenters. The third kappa shape index (κ3) is 2.28. The molecule has 0 atom stereocenters. The van der Waals surface area contributed by atoms with E-state index >= 15 is 0 Å². The number of hydrogen-bond donors (Lipinski definition) is 1. The number of hydrogen-bond acceptors (Lipinski definition) is 6. The van der Waals surface area contributed by atoms with Crippen LogP contribution in [0.2, 0.25) is 0 Å². The molecule has 0 spiro atoms. The summed E-state index contributed by atoms with van der Waals surface area (Å²) in [6, 6.07) is 13.7. The molecule has 7 heteroatoms. The van der Waals surface area contributed by atoms with E-state index < -0.39 is 0 Å². The summed E-state index contributed by atoms with van der Waals surface area (Å²) in [6.07, 6.45) is 3.21. The van der Waals surface area contributed by atoms with Crippen LogP contribution in [0, 0.1) is 0 Å². The fourth-order valence-electron chi connectivity index (χ4n) is 2.41. The van der Waals surface area contributed by atoms with Gasteiger partial charge in [-0.15, -0.1) is 10.2 Å². The quantitative estimate of drug-likeness (QED) is 0.625. The maximum absolute atomic E-state index is 4.35. The summed E-state index contributed by atoms with van der Waals surface area (Å²) < 4.78 is 1.65. The Morgan fingerprint density at radius 3 is 2.57 bits per heavy atom. The van der Waals surface area contributed by atoms with Gasteiger partial charge in [0.05, 0.1) is 17.3 Å².